The van der Waals surface area contributed by atoms with Crippen LogP contribution in [0.1, 0.15) is 33.2 Å². The maximum absolute atomic E-state index is 4.31. The summed E-state index contributed by atoms with van der Waals surface area (Å²) in [5.41, 5.74) is 1.99. The van der Waals surface area contributed by atoms with Crippen molar-refractivity contribution in [1.29, 1.82) is 0 Å². The molecule has 0 aliphatic heterocycles. The molecular formula is C10H15N5. The van der Waals surface area contributed by atoms with E-state index >= 15 is 0 Å². The molecule has 1 N–H and O–H groups in total. The highest BCUT2D eigenvalue weighted by molar-refractivity contribution is 5.54. The largest absolute Gasteiger partial charge is 0.252 e. The first kappa shape index (κ1) is 9.76. The van der Waals surface area contributed by atoms with Crippen LogP contribution in [0.5, 0.6) is 0 Å². The van der Waals surface area contributed by atoms with Crippen LogP contribution in [0.3, 0.4) is 0 Å². The van der Waals surface area contributed by atoms with Gasteiger partial charge in [0.15, 0.2) is 0 Å². The van der Waals surface area contributed by atoms with Crippen LogP contribution in [-0.2, 0) is 0 Å². The number of aromatic amines is 1. The van der Waals surface area contributed by atoms with Crippen LogP contribution in [0, 0.1) is 0 Å². The Morgan fingerprint density at radius 3 is 3.07 bits per heavy atom. The molecule has 0 saturated heterocycles. The lowest BCUT2D eigenvalue weighted by atomic mass is 9.97. The Balaban J connectivity index is 0.00000128. The van der Waals surface area contributed by atoms with Crippen LogP contribution in [-0.4, -0.2) is 25.6 Å². The third kappa shape index (κ3) is 1.86. The van der Waals surface area contributed by atoms with E-state index in [-0.39, 0.29) is 1.43 Å². The van der Waals surface area contributed by atoms with Crippen molar-refractivity contribution in [3.8, 4) is 11.5 Å². The van der Waals surface area contributed by atoms with E-state index in [2.05, 4.69) is 45.5 Å². The van der Waals surface area contributed by atoms with Gasteiger partial charge in [-0.25, -0.2) is 0 Å². The first-order valence-electron chi connectivity index (χ1n) is 5.01. The van der Waals surface area contributed by atoms with Gasteiger partial charge in [0.25, 0.3) is 0 Å². The first-order valence-corrected chi connectivity index (χ1v) is 5.01. The van der Waals surface area contributed by atoms with Crippen LogP contribution < -0.4 is 0 Å². The highest BCUT2D eigenvalue weighted by Gasteiger charge is 2.14. The van der Waals surface area contributed by atoms with E-state index in [0.717, 1.165) is 12.1 Å². The second kappa shape index (κ2) is 4.16. The normalized spacial score (nSPS) is 12.7. The summed E-state index contributed by atoms with van der Waals surface area (Å²) in [5.74, 6) is 1.01. The fraction of sp³-hybridized carbons (Fsp3) is 0.400. The molecule has 0 saturated carbocycles. The zero-order chi connectivity index (χ0) is 10.7. The highest BCUT2D eigenvalue weighted by Crippen LogP contribution is 2.25. The molecule has 2 aromatic heterocycles. The minimum atomic E-state index is 0. The van der Waals surface area contributed by atoms with Gasteiger partial charge in [-0.1, -0.05) is 19.9 Å². The Morgan fingerprint density at radius 1 is 1.53 bits per heavy atom. The summed E-state index contributed by atoms with van der Waals surface area (Å²) in [7, 11) is 0. The Kier molecular flexibility index (Phi) is 2.71. The summed E-state index contributed by atoms with van der Waals surface area (Å²) in [6, 6.07) is 4.00. The maximum atomic E-state index is 4.31. The molecule has 2 heterocycles. The third-order valence-corrected chi connectivity index (χ3v) is 2.54. The standard InChI is InChI=1S/C10H13N5.H2/c1-3-7(2)8-5-4-6-11-9(8)10-12-14-15-13-10;/h4-7H,3H2,1-2H3,(H,12,13,14,15);1H. The molecule has 0 aliphatic rings. The van der Waals surface area contributed by atoms with Crippen LogP contribution >= 0.6 is 0 Å². The molecule has 5 heteroatoms. The summed E-state index contributed by atoms with van der Waals surface area (Å²) in [6.45, 7) is 4.32. The minimum absolute atomic E-state index is 0. The van der Waals surface area contributed by atoms with Crippen LogP contribution in [0.15, 0.2) is 18.3 Å². The molecule has 80 valence electrons. The zero-order valence-electron chi connectivity index (χ0n) is 8.81. The molecule has 15 heavy (non-hydrogen) atoms. The Morgan fingerprint density at radius 2 is 2.40 bits per heavy atom. The first-order chi connectivity index (χ1) is 7.33. The van der Waals surface area contributed by atoms with E-state index in [1.165, 1.54) is 5.56 Å². The lowest BCUT2D eigenvalue weighted by molar-refractivity contribution is 0.730. The van der Waals surface area contributed by atoms with Gasteiger partial charge in [-0.05, 0) is 29.2 Å². The van der Waals surface area contributed by atoms with Gasteiger partial charge in [0.1, 0.15) is 5.69 Å². The van der Waals surface area contributed by atoms with Crippen LogP contribution in [0.4, 0.5) is 0 Å². The van der Waals surface area contributed by atoms with Crippen molar-refractivity contribution in [2.45, 2.75) is 26.2 Å². The minimum Gasteiger partial charge on any atom is -0.252 e. The van der Waals surface area contributed by atoms with E-state index in [4.69, 9.17) is 0 Å². The summed E-state index contributed by atoms with van der Waals surface area (Å²) in [6.07, 6.45) is 2.81. The number of pyridine rings is 1. The number of hydrogen-bond acceptors (Lipinski definition) is 4. The van der Waals surface area contributed by atoms with Gasteiger partial charge >= 0.3 is 0 Å². The van der Waals surface area contributed by atoms with E-state index < -0.39 is 0 Å². The second-order valence-corrected chi connectivity index (χ2v) is 3.49. The van der Waals surface area contributed by atoms with E-state index in [9.17, 15) is 0 Å². The molecule has 0 radical (unpaired) electrons. The number of H-pyrrole nitrogens is 1. The molecule has 2 rings (SSSR count). The topological polar surface area (TPSA) is 67.3 Å². The van der Waals surface area contributed by atoms with Crippen molar-refractivity contribution in [2.75, 3.05) is 0 Å². The number of nitrogens with one attached hydrogen (secondary N) is 1. The number of tetrazole rings is 1. The molecular weight excluding hydrogens is 190 g/mol. The Hall–Kier alpha value is -1.78. The monoisotopic (exact) mass is 205 g/mol. The lowest BCUT2D eigenvalue weighted by Crippen LogP contribution is -1.98. The van der Waals surface area contributed by atoms with Gasteiger partial charge in [0, 0.05) is 7.62 Å². The average molecular weight is 205 g/mol. The highest BCUT2D eigenvalue weighted by atomic mass is 15.5. The number of rotatable bonds is 3. The molecule has 0 aromatic carbocycles. The Labute approximate surface area is 89.4 Å². The zero-order valence-corrected chi connectivity index (χ0v) is 8.81. The van der Waals surface area contributed by atoms with E-state index in [0.29, 0.717) is 11.7 Å². The summed E-state index contributed by atoms with van der Waals surface area (Å²) in [5, 5.41) is 13.9. The van der Waals surface area contributed by atoms with Crippen LogP contribution in [0.2, 0.25) is 0 Å². The van der Waals surface area contributed by atoms with Gasteiger partial charge < -0.3 is 0 Å². The number of nitrogens with zero attached hydrogens (tertiary/aromatic N) is 4. The molecule has 0 bridgehead atoms. The summed E-state index contributed by atoms with van der Waals surface area (Å²) < 4.78 is 0. The van der Waals surface area contributed by atoms with Crippen molar-refractivity contribution >= 4 is 0 Å². The summed E-state index contributed by atoms with van der Waals surface area (Å²) in [4.78, 5) is 4.31. The molecule has 1 unspecified atom stereocenters. The third-order valence-electron chi connectivity index (χ3n) is 2.54. The molecule has 0 spiro atoms. The lowest BCUT2D eigenvalue weighted by Gasteiger charge is -2.10. The van der Waals surface area contributed by atoms with Crippen molar-refractivity contribution in [2.24, 2.45) is 0 Å². The smallest absolute Gasteiger partial charge is 0.223 e. The van der Waals surface area contributed by atoms with E-state index in [1.807, 2.05) is 6.07 Å². The van der Waals surface area contributed by atoms with E-state index in [1.54, 1.807) is 6.20 Å². The summed E-state index contributed by atoms with van der Waals surface area (Å²) >= 11 is 0. The molecule has 2 aromatic rings. The van der Waals surface area contributed by atoms with Gasteiger partial charge in [0.2, 0.25) is 5.82 Å². The number of hydrogen-bond donors (Lipinski definition) is 1. The van der Waals surface area contributed by atoms with Crippen molar-refractivity contribution in [1.82, 2.24) is 25.6 Å². The molecule has 0 aliphatic carbocycles. The predicted octanol–water partition coefficient (Wildman–Crippen LogP) is 2.02. The predicted molar refractivity (Wildman–Crippen MR) is 58.2 cm³/mol. The van der Waals surface area contributed by atoms with Crippen molar-refractivity contribution in [3.05, 3.63) is 23.9 Å². The van der Waals surface area contributed by atoms with Crippen molar-refractivity contribution in [3.63, 3.8) is 0 Å². The van der Waals surface area contributed by atoms with Gasteiger partial charge in [-0.2, -0.15) is 5.21 Å². The SMILES string of the molecule is CCC(C)c1cccnc1-c1nn[nH]n1.[HH]. The average Bonchev–Trinajstić information content (AvgIpc) is 2.81. The number of aromatic nitrogens is 5. The fourth-order valence-corrected chi connectivity index (χ4v) is 1.48. The molecule has 5 nitrogen and oxygen atoms in total. The van der Waals surface area contributed by atoms with Crippen LogP contribution in [0.25, 0.3) is 11.5 Å². The maximum Gasteiger partial charge on any atom is 0.223 e. The van der Waals surface area contributed by atoms with Gasteiger partial charge in [0.05, 0.1) is 0 Å². The Bertz CT molecular complexity index is 429. The quantitative estimate of drug-likeness (QED) is 0.832. The molecule has 0 amide bonds. The molecule has 1 atom stereocenters. The van der Waals surface area contributed by atoms with Crippen molar-refractivity contribution < 1.29 is 1.43 Å². The molecule has 0 fully saturated rings. The second-order valence-electron chi connectivity index (χ2n) is 3.49. The van der Waals surface area contributed by atoms with Gasteiger partial charge in [-0.3, -0.25) is 4.98 Å². The fourth-order valence-electron chi connectivity index (χ4n) is 1.48. The van der Waals surface area contributed by atoms with Gasteiger partial charge in [-0.15, -0.1) is 10.2 Å².